The van der Waals surface area contributed by atoms with Crippen molar-refractivity contribution in [1.82, 2.24) is 15.2 Å². The van der Waals surface area contributed by atoms with Gasteiger partial charge in [-0.05, 0) is 26.0 Å². The molecule has 1 atom stereocenters. The molecule has 0 spiro atoms. The van der Waals surface area contributed by atoms with Gasteiger partial charge in [0.05, 0.1) is 18.2 Å². The summed E-state index contributed by atoms with van der Waals surface area (Å²) in [5.41, 5.74) is 1.85. The maximum atomic E-state index is 12.1. The molecule has 6 nitrogen and oxygen atoms in total. The molecule has 8 heteroatoms. The number of rotatable bonds is 6. The van der Waals surface area contributed by atoms with Gasteiger partial charge in [-0.2, -0.15) is 0 Å². The van der Waals surface area contributed by atoms with E-state index in [-0.39, 0.29) is 25.0 Å². The number of carbonyl (C=O) groups is 2. The average Bonchev–Trinajstić information content (AvgIpc) is 2.95. The molecule has 0 aliphatic carbocycles. The number of urea groups is 1. The fourth-order valence-corrected chi connectivity index (χ4v) is 3.27. The molecule has 0 fully saturated rings. The summed E-state index contributed by atoms with van der Waals surface area (Å²) >= 11 is 7.44. The van der Waals surface area contributed by atoms with Crippen molar-refractivity contribution in [1.29, 1.82) is 0 Å². The molecule has 0 aliphatic heterocycles. The number of amides is 2. The van der Waals surface area contributed by atoms with E-state index in [4.69, 9.17) is 16.7 Å². The molecule has 0 saturated heterocycles. The van der Waals surface area contributed by atoms with Crippen LogP contribution in [0.1, 0.15) is 29.3 Å². The molecule has 2 amide bonds. The first kappa shape index (κ1) is 19.2. The van der Waals surface area contributed by atoms with E-state index >= 15 is 0 Å². The van der Waals surface area contributed by atoms with Crippen molar-refractivity contribution in [3.8, 4) is 11.3 Å². The third-order valence-corrected chi connectivity index (χ3v) is 5.05. The number of hydrogen-bond acceptors (Lipinski definition) is 4. The van der Waals surface area contributed by atoms with Crippen LogP contribution in [0, 0.1) is 6.92 Å². The van der Waals surface area contributed by atoms with Crippen LogP contribution in [-0.2, 0) is 4.79 Å². The zero-order valence-corrected chi connectivity index (χ0v) is 15.8. The lowest BCUT2D eigenvalue weighted by molar-refractivity contribution is -0.137. The van der Waals surface area contributed by atoms with Gasteiger partial charge < -0.3 is 15.3 Å². The molecule has 0 aliphatic rings. The van der Waals surface area contributed by atoms with E-state index in [9.17, 15) is 9.59 Å². The zero-order valence-electron chi connectivity index (χ0n) is 14.2. The SMILES string of the molecule is Cc1sc(C(C)NC(=O)N(C)CCC(=O)O)nc1-c1ccc(Cl)cc1. The molecule has 2 rings (SSSR count). The van der Waals surface area contributed by atoms with Crippen LogP contribution in [0.5, 0.6) is 0 Å². The molecule has 1 aromatic carbocycles. The molecule has 2 aromatic rings. The monoisotopic (exact) mass is 381 g/mol. The fraction of sp³-hybridized carbons (Fsp3) is 0.353. The fourth-order valence-electron chi connectivity index (χ4n) is 2.20. The van der Waals surface area contributed by atoms with Crippen molar-refractivity contribution in [3.05, 3.63) is 39.2 Å². The number of nitrogens with one attached hydrogen (secondary N) is 1. The minimum Gasteiger partial charge on any atom is -0.481 e. The van der Waals surface area contributed by atoms with Gasteiger partial charge in [0.2, 0.25) is 0 Å². The molecule has 2 N–H and O–H groups in total. The first-order valence-corrected chi connectivity index (χ1v) is 8.94. The van der Waals surface area contributed by atoms with E-state index in [1.54, 1.807) is 7.05 Å². The molecule has 1 heterocycles. The Morgan fingerprint density at radius 2 is 2.00 bits per heavy atom. The normalized spacial score (nSPS) is 11.8. The van der Waals surface area contributed by atoms with Crippen LogP contribution >= 0.6 is 22.9 Å². The second-order valence-corrected chi connectivity index (χ2v) is 7.37. The third kappa shape index (κ3) is 5.17. The number of carbonyl (C=O) groups excluding carboxylic acids is 1. The van der Waals surface area contributed by atoms with Crippen LogP contribution in [0.2, 0.25) is 5.02 Å². The maximum Gasteiger partial charge on any atom is 0.317 e. The predicted molar refractivity (Wildman–Crippen MR) is 99.1 cm³/mol. The standard InChI is InChI=1S/C17H20ClN3O3S/c1-10(19-17(24)21(3)9-8-14(22)23)16-20-15(11(2)25-16)12-4-6-13(18)7-5-12/h4-7,10H,8-9H2,1-3H3,(H,19,24)(H,22,23). The molecular formula is C17H20ClN3O3S. The van der Waals surface area contributed by atoms with Gasteiger partial charge in [0.1, 0.15) is 5.01 Å². The molecule has 25 heavy (non-hydrogen) atoms. The predicted octanol–water partition coefficient (Wildman–Crippen LogP) is 3.95. The van der Waals surface area contributed by atoms with Crippen LogP contribution in [0.3, 0.4) is 0 Å². The smallest absolute Gasteiger partial charge is 0.317 e. The second kappa shape index (κ2) is 8.31. The van der Waals surface area contributed by atoms with E-state index in [2.05, 4.69) is 10.3 Å². The lowest BCUT2D eigenvalue weighted by Gasteiger charge is -2.19. The van der Waals surface area contributed by atoms with E-state index in [0.29, 0.717) is 5.02 Å². The summed E-state index contributed by atoms with van der Waals surface area (Å²) in [7, 11) is 1.57. The minimum atomic E-state index is -0.934. The molecule has 1 unspecified atom stereocenters. The van der Waals surface area contributed by atoms with Crippen LogP contribution in [0.15, 0.2) is 24.3 Å². The summed E-state index contributed by atoms with van der Waals surface area (Å²) in [6, 6.07) is 6.86. The Morgan fingerprint density at radius 3 is 2.60 bits per heavy atom. The number of thiazole rings is 1. The number of benzene rings is 1. The van der Waals surface area contributed by atoms with E-state index in [1.807, 2.05) is 38.1 Å². The van der Waals surface area contributed by atoms with E-state index in [0.717, 1.165) is 21.1 Å². The number of nitrogens with zero attached hydrogens (tertiary/aromatic N) is 2. The van der Waals surface area contributed by atoms with Crippen molar-refractivity contribution in [2.45, 2.75) is 26.3 Å². The third-order valence-electron chi connectivity index (χ3n) is 3.65. The van der Waals surface area contributed by atoms with E-state index in [1.165, 1.54) is 16.2 Å². The Hall–Kier alpha value is -2.12. The largest absolute Gasteiger partial charge is 0.481 e. The topological polar surface area (TPSA) is 82.5 Å². The first-order chi connectivity index (χ1) is 11.8. The van der Waals surface area contributed by atoms with Crippen LogP contribution in [0.25, 0.3) is 11.3 Å². The van der Waals surface area contributed by atoms with Gasteiger partial charge in [0, 0.05) is 29.1 Å². The van der Waals surface area contributed by atoms with E-state index < -0.39 is 5.97 Å². The first-order valence-electron chi connectivity index (χ1n) is 7.74. The van der Waals surface area contributed by atoms with Gasteiger partial charge in [0.25, 0.3) is 0 Å². The molecule has 0 bridgehead atoms. The highest BCUT2D eigenvalue weighted by Crippen LogP contribution is 2.31. The highest BCUT2D eigenvalue weighted by molar-refractivity contribution is 7.12. The number of aliphatic carboxylic acids is 1. The Balaban J connectivity index is 2.06. The van der Waals surface area contributed by atoms with Gasteiger partial charge in [-0.3, -0.25) is 4.79 Å². The summed E-state index contributed by atoms with van der Waals surface area (Å²) in [6.07, 6.45) is -0.0879. The van der Waals surface area contributed by atoms with Crippen molar-refractivity contribution in [2.24, 2.45) is 0 Å². The van der Waals surface area contributed by atoms with Crippen molar-refractivity contribution in [3.63, 3.8) is 0 Å². The average molecular weight is 382 g/mol. The number of hydrogen-bond donors (Lipinski definition) is 2. The van der Waals surface area contributed by atoms with Gasteiger partial charge >= 0.3 is 12.0 Å². The lowest BCUT2D eigenvalue weighted by Crippen LogP contribution is -2.39. The van der Waals surface area contributed by atoms with Gasteiger partial charge in [-0.25, -0.2) is 9.78 Å². The van der Waals surface area contributed by atoms with Gasteiger partial charge in [-0.1, -0.05) is 23.7 Å². The Morgan fingerprint density at radius 1 is 1.36 bits per heavy atom. The highest BCUT2D eigenvalue weighted by atomic mass is 35.5. The summed E-state index contributed by atoms with van der Waals surface area (Å²) in [6.45, 7) is 3.99. The summed E-state index contributed by atoms with van der Waals surface area (Å²) in [5.74, 6) is -0.934. The summed E-state index contributed by atoms with van der Waals surface area (Å²) in [4.78, 5) is 29.8. The van der Waals surface area contributed by atoms with Gasteiger partial charge in [0.15, 0.2) is 0 Å². The molecule has 0 radical (unpaired) electrons. The number of carboxylic acids is 1. The van der Waals surface area contributed by atoms with Crippen molar-refractivity contribution >= 4 is 34.9 Å². The second-order valence-electron chi connectivity index (χ2n) is 5.70. The zero-order chi connectivity index (χ0) is 18.6. The van der Waals surface area contributed by atoms with Crippen LogP contribution in [-0.4, -0.2) is 40.6 Å². The lowest BCUT2D eigenvalue weighted by atomic mass is 10.1. The quantitative estimate of drug-likeness (QED) is 0.793. The van der Waals surface area contributed by atoms with Gasteiger partial charge in [-0.15, -0.1) is 11.3 Å². The minimum absolute atomic E-state index is 0.0879. The van der Waals surface area contributed by atoms with Crippen molar-refractivity contribution < 1.29 is 14.7 Å². The maximum absolute atomic E-state index is 12.1. The number of halogens is 1. The Labute approximate surface area is 155 Å². The number of aromatic nitrogens is 1. The summed E-state index contributed by atoms with van der Waals surface area (Å²) in [5, 5.41) is 13.0. The number of aryl methyl sites for hydroxylation is 1. The molecule has 134 valence electrons. The summed E-state index contributed by atoms with van der Waals surface area (Å²) < 4.78 is 0. The molecule has 0 saturated carbocycles. The molecule has 1 aromatic heterocycles. The van der Waals surface area contributed by atoms with Crippen LogP contribution in [0.4, 0.5) is 4.79 Å². The number of carboxylic acid groups (broad SMARTS) is 1. The van der Waals surface area contributed by atoms with Crippen LogP contribution < -0.4 is 5.32 Å². The van der Waals surface area contributed by atoms with Crippen molar-refractivity contribution in [2.75, 3.05) is 13.6 Å². The molecular weight excluding hydrogens is 362 g/mol. The Bertz CT molecular complexity index is 761. The Kier molecular flexibility index (Phi) is 6.39. The highest BCUT2D eigenvalue weighted by Gasteiger charge is 2.18.